The average molecular weight is 391 g/mol. The molecule has 29 heavy (non-hydrogen) atoms. The van der Waals surface area contributed by atoms with Gasteiger partial charge in [-0.3, -0.25) is 9.78 Å². The highest BCUT2D eigenvalue weighted by Gasteiger charge is 2.20. The van der Waals surface area contributed by atoms with E-state index in [1.807, 2.05) is 18.4 Å². The standard InChI is InChI=1S/C22H21N3O4/c1-4-11-25-15(2)12-19(16(25)3)20(26)14-28-22(27)18-8-6-10-24-21(18)29-17-7-5-9-23-13-17/h4-10,12-13H,1,11,14H2,2-3H3. The fourth-order valence-electron chi connectivity index (χ4n) is 2.93. The molecule has 7 nitrogen and oxygen atoms in total. The second kappa shape index (κ2) is 8.97. The molecule has 3 rings (SSSR count). The van der Waals surface area contributed by atoms with Crippen LogP contribution >= 0.6 is 0 Å². The molecular formula is C22H21N3O4. The van der Waals surface area contributed by atoms with Gasteiger partial charge in [-0.25, -0.2) is 9.78 Å². The van der Waals surface area contributed by atoms with Crippen LogP contribution < -0.4 is 4.74 Å². The van der Waals surface area contributed by atoms with E-state index in [1.54, 1.807) is 36.5 Å². The summed E-state index contributed by atoms with van der Waals surface area (Å²) in [5.41, 5.74) is 2.40. The van der Waals surface area contributed by atoms with Gasteiger partial charge in [-0.2, -0.15) is 0 Å². The molecule has 7 heteroatoms. The van der Waals surface area contributed by atoms with E-state index in [-0.39, 0.29) is 23.8 Å². The fourth-order valence-corrected chi connectivity index (χ4v) is 2.93. The Hall–Kier alpha value is -3.74. The molecule has 3 aromatic rings. The average Bonchev–Trinajstić information content (AvgIpc) is 3.01. The van der Waals surface area contributed by atoms with Crippen LogP contribution in [-0.4, -0.2) is 32.9 Å². The van der Waals surface area contributed by atoms with Gasteiger partial charge in [0.05, 0.1) is 6.20 Å². The molecule has 0 unspecified atom stereocenters. The maximum absolute atomic E-state index is 12.6. The molecule has 0 spiro atoms. The number of allylic oxidation sites excluding steroid dienone is 1. The summed E-state index contributed by atoms with van der Waals surface area (Å²) in [5, 5.41) is 0. The monoisotopic (exact) mass is 391 g/mol. The van der Waals surface area contributed by atoms with Gasteiger partial charge in [0.25, 0.3) is 0 Å². The molecule has 0 saturated heterocycles. The van der Waals surface area contributed by atoms with Crippen LogP contribution in [0.5, 0.6) is 11.6 Å². The fraction of sp³-hybridized carbons (Fsp3) is 0.182. The highest BCUT2D eigenvalue weighted by Crippen LogP contribution is 2.23. The molecule has 0 saturated carbocycles. The Kier molecular flexibility index (Phi) is 6.19. The summed E-state index contributed by atoms with van der Waals surface area (Å²) < 4.78 is 12.8. The molecule has 0 aliphatic carbocycles. The number of carbonyl (C=O) groups excluding carboxylic acids is 2. The Bertz CT molecular complexity index is 1040. The maximum atomic E-state index is 12.6. The van der Waals surface area contributed by atoms with E-state index >= 15 is 0 Å². The van der Waals surface area contributed by atoms with Gasteiger partial charge in [0, 0.05) is 35.9 Å². The highest BCUT2D eigenvalue weighted by atomic mass is 16.5. The minimum Gasteiger partial charge on any atom is -0.454 e. The zero-order valence-electron chi connectivity index (χ0n) is 16.3. The SMILES string of the molecule is C=CCn1c(C)cc(C(=O)COC(=O)c2cccnc2Oc2cccnc2)c1C. The van der Waals surface area contributed by atoms with E-state index in [4.69, 9.17) is 9.47 Å². The van der Waals surface area contributed by atoms with Crippen molar-refractivity contribution in [3.63, 3.8) is 0 Å². The lowest BCUT2D eigenvalue weighted by Gasteiger charge is -2.09. The molecule has 0 N–H and O–H groups in total. The summed E-state index contributed by atoms with van der Waals surface area (Å²) >= 11 is 0. The van der Waals surface area contributed by atoms with Crippen molar-refractivity contribution >= 4 is 11.8 Å². The normalized spacial score (nSPS) is 10.4. The molecule has 0 bridgehead atoms. The minimum atomic E-state index is -0.690. The number of pyridine rings is 2. The lowest BCUT2D eigenvalue weighted by molar-refractivity contribution is 0.0471. The molecule has 0 atom stereocenters. The van der Waals surface area contributed by atoms with Gasteiger partial charge >= 0.3 is 5.97 Å². The third kappa shape index (κ3) is 4.57. The van der Waals surface area contributed by atoms with Crippen molar-refractivity contribution in [2.75, 3.05) is 6.61 Å². The topological polar surface area (TPSA) is 83.3 Å². The van der Waals surface area contributed by atoms with Crippen molar-refractivity contribution in [2.24, 2.45) is 0 Å². The molecule has 3 heterocycles. The third-order valence-electron chi connectivity index (χ3n) is 4.36. The largest absolute Gasteiger partial charge is 0.454 e. The Morgan fingerprint density at radius 2 is 1.97 bits per heavy atom. The number of aryl methyl sites for hydroxylation is 1. The van der Waals surface area contributed by atoms with E-state index in [9.17, 15) is 9.59 Å². The Balaban J connectivity index is 1.71. The Morgan fingerprint density at radius 1 is 1.17 bits per heavy atom. The number of ketones is 1. The number of ether oxygens (including phenoxy) is 2. The predicted octanol–water partition coefficient (Wildman–Crippen LogP) is 3.91. The molecular weight excluding hydrogens is 370 g/mol. The van der Waals surface area contributed by atoms with Crippen LogP contribution in [0.25, 0.3) is 0 Å². The lowest BCUT2D eigenvalue weighted by Crippen LogP contribution is -2.16. The first kappa shape index (κ1) is 20.0. The minimum absolute atomic E-state index is 0.0853. The number of nitrogens with zero attached hydrogens (tertiary/aromatic N) is 3. The van der Waals surface area contributed by atoms with Crippen molar-refractivity contribution in [2.45, 2.75) is 20.4 Å². The van der Waals surface area contributed by atoms with Crippen LogP contribution in [0.4, 0.5) is 0 Å². The van der Waals surface area contributed by atoms with Crippen molar-refractivity contribution < 1.29 is 19.1 Å². The van der Waals surface area contributed by atoms with Crippen LogP contribution in [-0.2, 0) is 11.3 Å². The van der Waals surface area contributed by atoms with Crippen LogP contribution in [0.15, 0.2) is 61.6 Å². The second-order valence-electron chi connectivity index (χ2n) is 6.33. The molecule has 0 aliphatic rings. The Morgan fingerprint density at radius 3 is 2.69 bits per heavy atom. The third-order valence-corrected chi connectivity index (χ3v) is 4.36. The maximum Gasteiger partial charge on any atom is 0.344 e. The summed E-state index contributed by atoms with van der Waals surface area (Å²) in [5.74, 6) is -0.446. The number of carbonyl (C=O) groups is 2. The number of Topliss-reactive ketones (excluding diaryl/α,β-unsaturated/α-hetero) is 1. The molecule has 3 aromatic heterocycles. The zero-order valence-corrected chi connectivity index (χ0v) is 16.3. The molecule has 0 radical (unpaired) electrons. The van der Waals surface area contributed by atoms with Gasteiger partial charge in [0.1, 0.15) is 11.3 Å². The van der Waals surface area contributed by atoms with Crippen molar-refractivity contribution in [3.05, 3.63) is 84.1 Å². The first-order chi connectivity index (χ1) is 14.0. The van der Waals surface area contributed by atoms with Gasteiger partial charge in [0.2, 0.25) is 11.7 Å². The second-order valence-corrected chi connectivity index (χ2v) is 6.33. The molecule has 0 aliphatic heterocycles. The summed E-state index contributed by atoms with van der Waals surface area (Å²) in [7, 11) is 0. The molecule has 148 valence electrons. The summed E-state index contributed by atoms with van der Waals surface area (Å²) in [6.07, 6.45) is 6.38. The van der Waals surface area contributed by atoms with Crippen molar-refractivity contribution in [3.8, 4) is 11.6 Å². The number of esters is 1. The molecule has 0 amide bonds. The number of aromatic nitrogens is 3. The number of hydrogen-bond donors (Lipinski definition) is 0. The number of hydrogen-bond acceptors (Lipinski definition) is 6. The summed E-state index contributed by atoms with van der Waals surface area (Å²) in [6, 6.07) is 8.31. The van der Waals surface area contributed by atoms with E-state index in [0.717, 1.165) is 11.4 Å². The lowest BCUT2D eigenvalue weighted by atomic mass is 10.1. The number of rotatable bonds is 8. The van der Waals surface area contributed by atoms with Gasteiger partial charge in [-0.1, -0.05) is 6.08 Å². The van der Waals surface area contributed by atoms with E-state index in [2.05, 4.69) is 16.5 Å². The van der Waals surface area contributed by atoms with Crippen LogP contribution in [0, 0.1) is 13.8 Å². The van der Waals surface area contributed by atoms with Crippen molar-refractivity contribution in [1.29, 1.82) is 0 Å². The van der Waals surface area contributed by atoms with Crippen LogP contribution in [0.1, 0.15) is 32.1 Å². The molecule has 0 aromatic carbocycles. The van der Waals surface area contributed by atoms with Crippen LogP contribution in [0.3, 0.4) is 0 Å². The van der Waals surface area contributed by atoms with Gasteiger partial charge in [-0.15, -0.1) is 6.58 Å². The smallest absolute Gasteiger partial charge is 0.344 e. The van der Waals surface area contributed by atoms with Gasteiger partial charge < -0.3 is 14.0 Å². The van der Waals surface area contributed by atoms with Crippen molar-refractivity contribution in [1.82, 2.24) is 14.5 Å². The summed E-state index contributed by atoms with van der Waals surface area (Å²) in [4.78, 5) is 33.1. The first-order valence-corrected chi connectivity index (χ1v) is 9.02. The zero-order chi connectivity index (χ0) is 20.8. The predicted molar refractivity (Wildman–Crippen MR) is 107 cm³/mol. The van der Waals surface area contributed by atoms with E-state index in [0.29, 0.717) is 17.9 Å². The van der Waals surface area contributed by atoms with Crippen LogP contribution in [0.2, 0.25) is 0 Å². The molecule has 0 fully saturated rings. The summed E-state index contributed by atoms with van der Waals surface area (Å²) in [6.45, 7) is 7.72. The first-order valence-electron chi connectivity index (χ1n) is 9.02. The van der Waals surface area contributed by atoms with E-state index in [1.165, 1.54) is 18.5 Å². The Labute approximate surface area is 168 Å². The highest BCUT2D eigenvalue weighted by molar-refractivity contribution is 6.00. The van der Waals surface area contributed by atoms with Gasteiger partial charge in [-0.05, 0) is 44.2 Å². The van der Waals surface area contributed by atoms with E-state index < -0.39 is 5.97 Å². The van der Waals surface area contributed by atoms with Gasteiger partial charge in [0.15, 0.2) is 6.61 Å². The quantitative estimate of drug-likeness (QED) is 0.329.